The van der Waals surface area contributed by atoms with E-state index >= 15 is 0 Å². The van der Waals surface area contributed by atoms with Crippen LogP contribution in [-0.2, 0) is 0 Å². The van der Waals surface area contributed by atoms with Crippen molar-refractivity contribution in [3.8, 4) is 11.5 Å². The second-order valence-corrected chi connectivity index (χ2v) is 6.86. The molecule has 6 nitrogen and oxygen atoms in total. The van der Waals surface area contributed by atoms with Gasteiger partial charge in [-0.2, -0.15) is 0 Å². The SMILES string of the molecule is CC(NC(=O)N(C)[C@@H]1CCCCN1C)c1cccc(OCCl)c1OCCl. The van der Waals surface area contributed by atoms with Gasteiger partial charge in [-0.25, -0.2) is 4.79 Å². The third-order valence-corrected chi connectivity index (χ3v) is 4.94. The van der Waals surface area contributed by atoms with Gasteiger partial charge >= 0.3 is 6.03 Å². The van der Waals surface area contributed by atoms with E-state index in [4.69, 9.17) is 32.7 Å². The fourth-order valence-electron chi connectivity index (χ4n) is 3.30. The van der Waals surface area contributed by atoms with E-state index in [2.05, 4.69) is 17.3 Å². The Morgan fingerprint density at radius 1 is 1.35 bits per heavy atom. The van der Waals surface area contributed by atoms with Gasteiger partial charge in [0.15, 0.2) is 23.6 Å². The molecule has 1 saturated heterocycles. The van der Waals surface area contributed by atoms with Crippen molar-refractivity contribution in [3.63, 3.8) is 0 Å². The molecule has 1 aliphatic rings. The quantitative estimate of drug-likeness (QED) is 0.699. The van der Waals surface area contributed by atoms with Crippen LogP contribution < -0.4 is 14.8 Å². The number of hydrogen-bond acceptors (Lipinski definition) is 4. The van der Waals surface area contributed by atoms with Gasteiger partial charge in [0.25, 0.3) is 0 Å². The molecule has 2 rings (SSSR count). The van der Waals surface area contributed by atoms with Crippen molar-refractivity contribution in [2.75, 3.05) is 32.8 Å². The first-order chi connectivity index (χ1) is 12.5. The molecule has 1 unspecified atom stereocenters. The van der Waals surface area contributed by atoms with Crippen LogP contribution in [0.3, 0.4) is 0 Å². The molecule has 0 radical (unpaired) electrons. The highest BCUT2D eigenvalue weighted by Crippen LogP contribution is 2.35. The number of likely N-dealkylation sites (tertiary alicyclic amines) is 1. The van der Waals surface area contributed by atoms with Crippen LogP contribution in [0.15, 0.2) is 18.2 Å². The zero-order chi connectivity index (χ0) is 19.1. The summed E-state index contributed by atoms with van der Waals surface area (Å²) in [7, 11) is 3.88. The number of ether oxygens (including phenoxy) is 2. The van der Waals surface area contributed by atoms with Gasteiger partial charge < -0.3 is 19.7 Å². The highest BCUT2D eigenvalue weighted by Gasteiger charge is 2.27. The lowest BCUT2D eigenvalue weighted by molar-refractivity contribution is 0.0697. The largest absolute Gasteiger partial charge is 0.474 e. The van der Waals surface area contributed by atoms with Gasteiger partial charge in [-0.15, -0.1) is 0 Å². The van der Waals surface area contributed by atoms with Crippen LogP contribution in [0.2, 0.25) is 0 Å². The number of nitrogens with zero attached hydrogens (tertiary/aromatic N) is 2. The Morgan fingerprint density at radius 3 is 2.73 bits per heavy atom. The van der Waals surface area contributed by atoms with Crippen molar-refractivity contribution in [2.24, 2.45) is 0 Å². The number of alkyl halides is 2. The van der Waals surface area contributed by atoms with E-state index in [9.17, 15) is 4.79 Å². The van der Waals surface area contributed by atoms with Crippen LogP contribution in [0.25, 0.3) is 0 Å². The summed E-state index contributed by atoms with van der Waals surface area (Å²) in [5.74, 6) is 0.994. The minimum Gasteiger partial charge on any atom is -0.474 e. The number of hydrogen-bond donors (Lipinski definition) is 1. The average molecular weight is 404 g/mol. The Balaban J connectivity index is 2.12. The number of halogens is 2. The maximum absolute atomic E-state index is 12.7. The molecule has 8 heteroatoms. The molecule has 2 amide bonds. The predicted octanol–water partition coefficient (Wildman–Crippen LogP) is 3.98. The summed E-state index contributed by atoms with van der Waals surface area (Å²) in [6.07, 6.45) is 3.40. The van der Waals surface area contributed by atoms with Gasteiger partial charge in [0.2, 0.25) is 0 Å². The normalized spacial score (nSPS) is 18.9. The molecule has 1 N–H and O–H groups in total. The van der Waals surface area contributed by atoms with Crippen LogP contribution >= 0.6 is 23.2 Å². The van der Waals surface area contributed by atoms with Crippen molar-refractivity contribution in [2.45, 2.75) is 38.4 Å². The van der Waals surface area contributed by atoms with E-state index < -0.39 is 0 Å². The third-order valence-electron chi connectivity index (χ3n) is 4.72. The number of urea groups is 1. The lowest BCUT2D eigenvalue weighted by Gasteiger charge is -2.39. The summed E-state index contributed by atoms with van der Waals surface area (Å²) in [5.41, 5.74) is 0.784. The molecule has 1 aliphatic heterocycles. The fourth-order valence-corrected chi connectivity index (χ4v) is 3.53. The van der Waals surface area contributed by atoms with Gasteiger partial charge in [0, 0.05) is 12.6 Å². The number of nitrogens with one attached hydrogen (secondary N) is 1. The standard InChI is InChI=1S/C18H27Cl2N3O3/c1-13(14-7-6-8-15(25-11-19)17(14)26-12-20)21-18(24)23(3)16-9-4-5-10-22(16)2/h6-8,13,16H,4-5,9-12H2,1-3H3,(H,21,24)/t13?,16-/m1/s1. The van der Waals surface area contributed by atoms with Gasteiger partial charge in [-0.3, -0.25) is 4.90 Å². The van der Waals surface area contributed by atoms with Crippen molar-refractivity contribution >= 4 is 29.2 Å². The maximum Gasteiger partial charge on any atom is 0.318 e. The number of carbonyl (C=O) groups is 1. The number of carbonyl (C=O) groups excluding carboxylic acids is 1. The summed E-state index contributed by atoms with van der Waals surface area (Å²) in [4.78, 5) is 16.7. The van der Waals surface area contributed by atoms with Crippen molar-refractivity contribution < 1.29 is 14.3 Å². The number of para-hydroxylation sites is 1. The Hall–Kier alpha value is -1.37. The predicted molar refractivity (Wildman–Crippen MR) is 104 cm³/mol. The zero-order valence-corrected chi connectivity index (χ0v) is 17.0. The summed E-state index contributed by atoms with van der Waals surface area (Å²) >= 11 is 11.4. The van der Waals surface area contributed by atoms with Gasteiger partial charge in [-0.1, -0.05) is 35.3 Å². The van der Waals surface area contributed by atoms with E-state index in [1.165, 1.54) is 6.42 Å². The molecule has 0 saturated carbocycles. The Morgan fingerprint density at radius 2 is 2.08 bits per heavy atom. The monoisotopic (exact) mass is 403 g/mol. The van der Waals surface area contributed by atoms with Crippen LogP contribution in [0.4, 0.5) is 4.79 Å². The van der Waals surface area contributed by atoms with Crippen LogP contribution in [0, 0.1) is 0 Å². The number of piperidine rings is 1. The van der Waals surface area contributed by atoms with Gasteiger partial charge in [0.1, 0.15) is 0 Å². The smallest absolute Gasteiger partial charge is 0.318 e. The van der Waals surface area contributed by atoms with Gasteiger partial charge in [0.05, 0.1) is 12.2 Å². The Kier molecular flexibility index (Phi) is 8.13. The van der Waals surface area contributed by atoms with E-state index in [1.807, 2.05) is 26.1 Å². The van der Waals surface area contributed by atoms with Crippen LogP contribution in [0.5, 0.6) is 11.5 Å². The third kappa shape index (κ3) is 5.09. The van der Waals surface area contributed by atoms with Crippen molar-refractivity contribution in [1.82, 2.24) is 15.1 Å². The van der Waals surface area contributed by atoms with Crippen LogP contribution in [-0.4, -0.2) is 54.8 Å². The molecule has 0 spiro atoms. The first kappa shape index (κ1) is 20.9. The van der Waals surface area contributed by atoms with E-state index in [0.717, 1.165) is 24.9 Å². The molecule has 146 valence electrons. The lowest BCUT2D eigenvalue weighted by Crippen LogP contribution is -2.52. The van der Waals surface area contributed by atoms with Gasteiger partial charge in [-0.05, 0) is 45.8 Å². The van der Waals surface area contributed by atoms with E-state index in [1.54, 1.807) is 11.0 Å². The molecule has 1 aromatic carbocycles. The molecule has 0 aliphatic carbocycles. The molecular weight excluding hydrogens is 377 g/mol. The minimum absolute atomic E-state index is 0.000405. The summed E-state index contributed by atoms with van der Waals surface area (Å²) in [5, 5.41) is 3.03. The topological polar surface area (TPSA) is 54.0 Å². The highest BCUT2D eigenvalue weighted by molar-refractivity contribution is 6.17. The van der Waals surface area contributed by atoms with E-state index in [-0.39, 0.29) is 30.4 Å². The highest BCUT2D eigenvalue weighted by atomic mass is 35.5. The van der Waals surface area contributed by atoms with Crippen molar-refractivity contribution in [1.29, 1.82) is 0 Å². The molecule has 1 aromatic rings. The average Bonchev–Trinajstić information content (AvgIpc) is 2.63. The zero-order valence-electron chi connectivity index (χ0n) is 15.5. The number of rotatable bonds is 7. The first-order valence-electron chi connectivity index (χ1n) is 8.73. The summed E-state index contributed by atoms with van der Waals surface area (Å²) in [6, 6.07) is 5.03. The Bertz CT molecular complexity index is 603. The number of amides is 2. The molecule has 26 heavy (non-hydrogen) atoms. The maximum atomic E-state index is 12.7. The lowest BCUT2D eigenvalue weighted by atomic mass is 10.1. The van der Waals surface area contributed by atoms with Crippen LogP contribution in [0.1, 0.15) is 37.8 Å². The second kappa shape index (κ2) is 10.1. The van der Waals surface area contributed by atoms with Crippen molar-refractivity contribution in [3.05, 3.63) is 23.8 Å². The molecule has 0 bridgehead atoms. The number of benzene rings is 1. The molecule has 2 atom stereocenters. The fraction of sp³-hybridized carbons (Fsp3) is 0.611. The second-order valence-electron chi connectivity index (χ2n) is 6.42. The van der Waals surface area contributed by atoms with E-state index in [0.29, 0.717) is 11.5 Å². The molecule has 1 heterocycles. The summed E-state index contributed by atoms with van der Waals surface area (Å²) < 4.78 is 10.9. The molecule has 0 aromatic heterocycles. The minimum atomic E-state index is -0.282. The molecular formula is C18H27Cl2N3O3. The summed E-state index contributed by atoms with van der Waals surface area (Å²) in [6.45, 7) is 2.90. The Labute approximate surface area is 165 Å². The first-order valence-corrected chi connectivity index (χ1v) is 9.80. The molecule has 1 fully saturated rings.